The predicted octanol–water partition coefficient (Wildman–Crippen LogP) is 3.04. The number of nitrogens with one attached hydrogen (secondary N) is 1. The third-order valence-electron chi connectivity index (χ3n) is 2.52. The Kier molecular flexibility index (Phi) is 3.90. The molecule has 2 rings (SSSR count). The van der Waals surface area contributed by atoms with E-state index in [-0.39, 0.29) is 0 Å². The maximum absolute atomic E-state index is 3.64. The van der Waals surface area contributed by atoms with E-state index in [2.05, 4.69) is 36.1 Å². The maximum Gasteiger partial charge on any atom is 0.0302 e. The zero-order valence-electron chi connectivity index (χ0n) is 8.58. The largest absolute Gasteiger partial charge is 0.308 e. The first-order chi connectivity index (χ1) is 6.84. The molecule has 1 N–H and O–H groups in total. The van der Waals surface area contributed by atoms with E-state index in [9.17, 15) is 0 Å². The molecular formula is C11H17NS2. The van der Waals surface area contributed by atoms with Gasteiger partial charge >= 0.3 is 0 Å². The fourth-order valence-electron chi connectivity index (χ4n) is 1.73. The molecule has 0 aromatic carbocycles. The number of rotatable bonds is 3. The second-order valence-electron chi connectivity index (χ2n) is 3.81. The van der Waals surface area contributed by atoms with Crippen LogP contribution in [0.1, 0.15) is 22.6 Å². The van der Waals surface area contributed by atoms with Crippen LogP contribution < -0.4 is 5.32 Å². The summed E-state index contributed by atoms with van der Waals surface area (Å²) in [5, 5.41) is 3.64. The molecule has 1 atom stereocenters. The van der Waals surface area contributed by atoms with Gasteiger partial charge in [0.25, 0.3) is 0 Å². The fraction of sp³-hybridized carbons (Fsp3) is 0.636. The van der Waals surface area contributed by atoms with Crippen LogP contribution in [-0.4, -0.2) is 17.5 Å². The number of thioether (sulfide) groups is 1. The Balaban J connectivity index is 1.76. The summed E-state index contributed by atoms with van der Waals surface area (Å²) < 4.78 is 0. The summed E-state index contributed by atoms with van der Waals surface area (Å²) in [6.45, 7) is 3.23. The molecule has 1 aromatic heterocycles. The number of aryl methyl sites for hydroxylation is 1. The first-order valence-electron chi connectivity index (χ1n) is 5.21. The Morgan fingerprint density at radius 2 is 2.43 bits per heavy atom. The molecule has 1 unspecified atom stereocenters. The lowest BCUT2D eigenvalue weighted by molar-refractivity contribution is 0.510. The monoisotopic (exact) mass is 227 g/mol. The SMILES string of the molecule is Cc1ccc(CNC2CCCSC2)s1. The van der Waals surface area contributed by atoms with Crippen molar-refractivity contribution in [3.63, 3.8) is 0 Å². The van der Waals surface area contributed by atoms with Crippen LogP contribution in [0.3, 0.4) is 0 Å². The van der Waals surface area contributed by atoms with Gasteiger partial charge in [-0.05, 0) is 37.7 Å². The van der Waals surface area contributed by atoms with Gasteiger partial charge in [-0.1, -0.05) is 0 Å². The number of hydrogen-bond acceptors (Lipinski definition) is 3. The summed E-state index contributed by atoms with van der Waals surface area (Å²) in [5.74, 6) is 2.65. The highest BCUT2D eigenvalue weighted by Crippen LogP contribution is 2.19. The molecule has 2 heterocycles. The van der Waals surface area contributed by atoms with E-state index in [0.717, 1.165) is 12.6 Å². The van der Waals surface area contributed by atoms with Crippen LogP contribution in [-0.2, 0) is 6.54 Å². The normalized spacial score (nSPS) is 22.5. The van der Waals surface area contributed by atoms with Crippen LogP contribution in [0, 0.1) is 6.92 Å². The van der Waals surface area contributed by atoms with Crippen molar-refractivity contribution < 1.29 is 0 Å². The lowest BCUT2D eigenvalue weighted by Gasteiger charge is -2.22. The average molecular weight is 227 g/mol. The molecule has 1 nitrogen and oxygen atoms in total. The lowest BCUT2D eigenvalue weighted by Crippen LogP contribution is -2.32. The van der Waals surface area contributed by atoms with E-state index < -0.39 is 0 Å². The van der Waals surface area contributed by atoms with Gasteiger partial charge in [-0.25, -0.2) is 0 Å². The van der Waals surface area contributed by atoms with Crippen LogP contribution >= 0.6 is 23.1 Å². The Morgan fingerprint density at radius 1 is 1.50 bits per heavy atom. The van der Waals surface area contributed by atoms with Crippen LogP contribution in [0.25, 0.3) is 0 Å². The second-order valence-corrected chi connectivity index (χ2v) is 6.33. The molecule has 1 aliphatic heterocycles. The van der Waals surface area contributed by atoms with Crippen molar-refractivity contribution >= 4 is 23.1 Å². The van der Waals surface area contributed by atoms with Crippen molar-refractivity contribution in [1.82, 2.24) is 5.32 Å². The summed E-state index contributed by atoms with van der Waals surface area (Å²) in [6.07, 6.45) is 2.74. The third-order valence-corrected chi connectivity index (χ3v) is 4.74. The number of hydrogen-bond donors (Lipinski definition) is 1. The molecule has 0 saturated carbocycles. The molecule has 0 spiro atoms. The van der Waals surface area contributed by atoms with Gasteiger partial charge in [-0.2, -0.15) is 11.8 Å². The Hall–Kier alpha value is 0.01000. The van der Waals surface area contributed by atoms with Gasteiger partial charge in [0.15, 0.2) is 0 Å². The Morgan fingerprint density at radius 3 is 3.07 bits per heavy atom. The minimum atomic E-state index is 0.746. The van der Waals surface area contributed by atoms with Gasteiger partial charge in [-0.3, -0.25) is 0 Å². The molecule has 0 radical (unpaired) electrons. The van der Waals surface area contributed by atoms with Gasteiger partial charge < -0.3 is 5.32 Å². The second kappa shape index (κ2) is 5.19. The zero-order valence-corrected chi connectivity index (χ0v) is 10.2. The van der Waals surface area contributed by atoms with Crippen LogP contribution in [0.4, 0.5) is 0 Å². The lowest BCUT2D eigenvalue weighted by atomic mass is 10.2. The maximum atomic E-state index is 3.64. The minimum absolute atomic E-state index is 0.746. The molecule has 0 aliphatic carbocycles. The summed E-state index contributed by atoms with van der Waals surface area (Å²) in [5.41, 5.74) is 0. The van der Waals surface area contributed by atoms with Crippen molar-refractivity contribution in [1.29, 1.82) is 0 Å². The van der Waals surface area contributed by atoms with E-state index in [0.29, 0.717) is 0 Å². The Labute approximate surface area is 94.3 Å². The fourth-order valence-corrected chi connectivity index (χ4v) is 3.67. The van der Waals surface area contributed by atoms with Gasteiger partial charge in [0.1, 0.15) is 0 Å². The van der Waals surface area contributed by atoms with E-state index in [1.807, 2.05) is 11.3 Å². The molecule has 0 bridgehead atoms. The molecule has 3 heteroatoms. The molecule has 1 aliphatic rings. The molecular weight excluding hydrogens is 210 g/mol. The molecule has 1 aromatic rings. The molecule has 14 heavy (non-hydrogen) atoms. The first kappa shape index (κ1) is 10.5. The van der Waals surface area contributed by atoms with Gasteiger partial charge in [0.05, 0.1) is 0 Å². The van der Waals surface area contributed by atoms with Gasteiger partial charge in [0.2, 0.25) is 0 Å². The van der Waals surface area contributed by atoms with Crippen molar-refractivity contribution in [3.05, 3.63) is 21.9 Å². The topological polar surface area (TPSA) is 12.0 Å². The first-order valence-corrected chi connectivity index (χ1v) is 7.18. The van der Waals surface area contributed by atoms with Crippen molar-refractivity contribution in [2.24, 2.45) is 0 Å². The highest BCUT2D eigenvalue weighted by Gasteiger charge is 2.12. The average Bonchev–Trinajstić information content (AvgIpc) is 2.63. The molecule has 1 fully saturated rings. The van der Waals surface area contributed by atoms with Crippen molar-refractivity contribution in [3.8, 4) is 0 Å². The van der Waals surface area contributed by atoms with Crippen LogP contribution in [0.2, 0.25) is 0 Å². The van der Waals surface area contributed by atoms with E-state index in [1.165, 1.54) is 34.1 Å². The van der Waals surface area contributed by atoms with Crippen molar-refractivity contribution in [2.75, 3.05) is 11.5 Å². The molecule has 1 saturated heterocycles. The van der Waals surface area contributed by atoms with E-state index in [4.69, 9.17) is 0 Å². The molecule has 0 amide bonds. The van der Waals surface area contributed by atoms with E-state index >= 15 is 0 Å². The van der Waals surface area contributed by atoms with Gasteiger partial charge in [0, 0.05) is 28.1 Å². The summed E-state index contributed by atoms with van der Waals surface area (Å²) >= 11 is 3.99. The smallest absolute Gasteiger partial charge is 0.0302 e. The standard InChI is InChI=1S/C11H17NS2/c1-9-4-5-11(14-9)7-12-10-3-2-6-13-8-10/h4-5,10,12H,2-3,6-8H2,1H3. The Bertz CT molecular complexity index is 277. The summed E-state index contributed by atoms with van der Waals surface area (Å²) in [4.78, 5) is 2.89. The number of thiophene rings is 1. The summed E-state index contributed by atoms with van der Waals surface area (Å²) in [6, 6.07) is 5.19. The summed E-state index contributed by atoms with van der Waals surface area (Å²) in [7, 11) is 0. The molecule has 78 valence electrons. The zero-order chi connectivity index (χ0) is 9.80. The van der Waals surface area contributed by atoms with Crippen LogP contribution in [0.5, 0.6) is 0 Å². The van der Waals surface area contributed by atoms with Crippen LogP contribution in [0.15, 0.2) is 12.1 Å². The van der Waals surface area contributed by atoms with Gasteiger partial charge in [-0.15, -0.1) is 11.3 Å². The quantitative estimate of drug-likeness (QED) is 0.852. The van der Waals surface area contributed by atoms with E-state index in [1.54, 1.807) is 0 Å². The highest BCUT2D eigenvalue weighted by atomic mass is 32.2. The third kappa shape index (κ3) is 3.01. The van der Waals surface area contributed by atoms with Crippen molar-refractivity contribution in [2.45, 2.75) is 32.4 Å². The minimum Gasteiger partial charge on any atom is -0.308 e. The predicted molar refractivity (Wildman–Crippen MR) is 66.2 cm³/mol. The highest BCUT2D eigenvalue weighted by molar-refractivity contribution is 7.99.